The van der Waals surface area contributed by atoms with Crippen LogP contribution in [0.2, 0.25) is 5.02 Å². The molecule has 0 saturated heterocycles. The van der Waals surface area contributed by atoms with Gasteiger partial charge in [0.2, 0.25) is 5.91 Å². The van der Waals surface area contributed by atoms with E-state index in [0.29, 0.717) is 21.4 Å². The highest BCUT2D eigenvalue weighted by atomic mass is 35.5. The number of nitrogens with one attached hydrogen (secondary N) is 1. The summed E-state index contributed by atoms with van der Waals surface area (Å²) in [6.07, 6.45) is 0. The van der Waals surface area contributed by atoms with Crippen LogP contribution in [-0.2, 0) is 9.53 Å². The van der Waals surface area contributed by atoms with E-state index in [4.69, 9.17) is 16.3 Å². The van der Waals surface area contributed by atoms with Gasteiger partial charge in [-0.15, -0.1) is 0 Å². The van der Waals surface area contributed by atoms with Gasteiger partial charge in [-0.2, -0.15) is 5.26 Å². The van der Waals surface area contributed by atoms with Crippen LogP contribution in [0, 0.1) is 18.3 Å². The first-order valence-corrected chi connectivity index (χ1v) is 9.08. The number of halogens is 1. The molecule has 0 atom stereocenters. The van der Waals surface area contributed by atoms with E-state index >= 15 is 0 Å². The molecule has 0 aliphatic rings. The Morgan fingerprint density at radius 1 is 1.35 bits per heavy atom. The minimum atomic E-state index is -0.522. The lowest BCUT2D eigenvalue weighted by Gasteiger charge is -2.09. The molecule has 2 rings (SSSR count). The molecule has 0 aliphatic carbocycles. The molecule has 1 N–H and O–H groups in total. The van der Waals surface area contributed by atoms with Gasteiger partial charge in [0.15, 0.2) is 0 Å². The molecule has 0 radical (unpaired) electrons. The number of nitriles is 1. The van der Waals surface area contributed by atoms with E-state index in [-0.39, 0.29) is 29.4 Å². The highest BCUT2D eigenvalue weighted by Crippen LogP contribution is 2.23. The zero-order chi connectivity index (χ0) is 19.1. The molecule has 0 spiro atoms. The summed E-state index contributed by atoms with van der Waals surface area (Å²) in [5, 5.41) is 13.0. The molecule has 2 aromatic rings. The highest BCUT2D eigenvalue weighted by Gasteiger charge is 2.17. The highest BCUT2D eigenvalue weighted by molar-refractivity contribution is 8.00. The third kappa shape index (κ3) is 5.22. The number of hydrogen-bond donors (Lipinski definition) is 1. The zero-order valence-corrected chi connectivity index (χ0v) is 15.8. The van der Waals surface area contributed by atoms with Gasteiger partial charge in [0.1, 0.15) is 11.1 Å². The van der Waals surface area contributed by atoms with Crippen molar-refractivity contribution in [1.82, 2.24) is 4.98 Å². The molecule has 134 valence electrons. The second kappa shape index (κ2) is 9.22. The summed E-state index contributed by atoms with van der Waals surface area (Å²) in [6.45, 7) is 3.60. The van der Waals surface area contributed by atoms with Gasteiger partial charge in [-0.1, -0.05) is 23.4 Å². The van der Waals surface area contributed by atoms with Crippen LogP contribution in [0.5, 0.6) is 0 Å². The van der Waals surface area contributed by atoms with Gasteiger partial charge in [0.05, 0.1) is 29.2 Å². The number of benzene rings is 1. The average Bonchev–Trinajstić information content (AvgIpc) is 2.62. The van der Waals surface area contributed by atoms with Crippen LogP contribution in [0.15, 0.2) is 35.4 Å². The predicted molar refractivity (Wildman–Crippen MR) is 100 cm³/mol. The Bertz CT molecular complexity index is 863. The van der Waals surface area contributed by atoms with Gasteiger partial charge in [-0.3, -0.25) is 4.79 Å². The fraction of sp³-hybridized carbons (Fsp3) is 0.222. The number of pyridine rings is 1. The van der Waals surface area contributed by atoms with Crippen molar-refractivity contribution in [3.63, 3.8) is 0 Å². The van der Waals surface area contributed by atoms with Crippen molar-refractivity contribution in [3.8, 4) is 6.07 Å². The SMILES string of the molecule is CCOC(=O)c1cc(C#N)c(SCC(=O)Nc2ccc(Cl)cc2)nc1C. The van der Waals surface area contributed by atoms with Crippen molar-refractivity contribution in [1.29, 1.82) is 5.26 Å². The molecule has 1 heterocycles. The number of carbonyl (C=O) groups is 2. The van der Waals surface area contributed by atoms with Crippen molar-refractivity contribution in [2.45, 2.75) is 18.9 Å². The number of carbonyl (C=O) groups excluding carboxylic acids is 2. The van der Waals surface area contributed by atoms with E-state index in [9.17, 15) is 14.9 Å². The van der Waals surface area contributed by atoms with Gasteiger partial charge in [0, 0.05) is 10.7 Å². The van der Waals surface area contributed by atoms with Gasteiger partial charge in [-0.25, -0.2) is 9.78 Å². The van der Waals surface area contributed by atoms with Crippen molar-refractivity contribution in [2.75, 3.05) is 17.7 Å². The summed E-state index contributed by atoms with van der Waals surface area (Å²) in [4.78, 5) is 28.2. The summed E-state index contributed by atoms with van der Waals surface area (Å²) in [5.74, 6) is -0.691. The number of ether oxygens (including phenoxy) is 1. The van der Waals surface area contributed by atoms with E-state index in [1.165, 1.54) is 6.07 Å². The number of hydrogen-bond acceptors (Lipinski definition) is 6. The van der Waals surface area contributed by atoms with Gasteiger partial charge >= 0.3 is 5.97 Å². The van der Waals surface area contributed by atoms with Crippen LogP contribution in [0.25, 0.3) is 0 Å². The fourth-order valence-corrected chi connectivity index (χ4v) is 2.98. The summed E-state index contributed by atoms with van der Waals surface area (Å²) < 4.78 is 4.95. The number of rotatable bonds is 6. The first-order valence-electron chi connectivity index (χ1n) is 7.71. The van der Waals surface area contributed by atoms with Crippen LogP contribution in [0.4, 0.5) is 5.69 Å². The van der Waals surface area contributed by atoms with E-state index in [1.807, 2.05) is 6.07 Å². The standard InChI is InChI=1S/C18H16ClN3O3S/c1-3-25-18(24)15-8-12(9-20)17(21-11(15)2)26-10-16(23)22-14-6-4-13(19)5-7-14/h4-8H,3,10H2,1-2H3,(H,22,23). The molecule has 1 amide bonds. The number of aromatic nitrogens is 1. The van der Waals surface area contributed by atoms with Gasteiger partial charge in [0.25, 0.3) is 0 Å². The van der Waals surface area contributed by atoms with Gasteiger partial charge < -0.3 is 10.1 Å². The van der Waals surface area contributed by atoms with E-state index < -0.39 is 5.97 Å². The van der Waals surface area contributed by atoms with Crippen LogP contribution in [0.3, 0.4) is 0 Å². The van der Waals surface area contributed by atoms with Crippen molar-refractivity contribution < 1.29 is 14.3 Å². The lowest BCUT2D eigenvalue weighted by atomic mass is 10.1. The first-order chi connectivity index (χ1) is 12.4. The topological polar surface area (TPSA) is 92.1 Å². The van der Waals surface area contributed by atoms with E-state index in [2.05, 4.69) is 10.3 Å². The molecule has 0 fully saturated rings. The third-order valence-electron chi connectivity index (χ3n) is 3.26. The van der Waals surface area contributed by atoms with Crippen molar-refractivity contribution >= 4 is 40.9 Å². The van der Waals surface area contributed by atoms with Crippen molar-refractivity contribution in [2.24, 2.45) is 0 Å². The Hall–Kier alpha value is -2.56. The Balaban J connectivity index is 2.08. The summed E-state index contributed by atoms with van der Waals surface area (Å²) >= 11 is 6.93. The molecule has 0 bridgehead atoms. The first kappa shape index (κ1) is 19.8. The lowest BCUT2D eigenvalue weighted by Crippen LogP contribution is -2.14. The van der Waals surface area contributed by atoms with Gasteiger partial charge in [-0.05, 0) is 44.2 Å². The predicted octanol–water partition coefficient (Wildman–Crippen LogP) is 3.82. The Morgan fingerprint density at radius 3 is 2.65 bits per heavy atom. The Labute approximate surface area is 160 Å². The summed E-state index contributed by atoms with van der Waals surface area (Å²) in [7, 11) is 0. The normalized spacial score (nSPS) is 10.1. The number of thioether (sulfide) groups is 1. The molecule has 26 heavy (non-hydrogen) atoms. The lowest BCUT2D eigenvalue weighted by molar-refractivity contribution is -0.113. The number of aryl methyl sites for hydroxylation is 1. The number of amides is 1. The minimum Gasteiger partial charge on any atom is -0.462 e. The third-order valence-corrected chi connectivity index (χ3v) is 4.51. The second-order valence-corrected chi connectivity index (χ2v) is 6.55. The molecule has 0 aliphatic heterocycles. The molecule has 0 saturated carbocycles. The average molecular weight is 390 g/mol. The molecule has 1 aromatic heterocycles. The summed E-state index contributed by atoms with van der Waals surface area (Å²) in [5.41, 5.74) is 1.55. The summed E-state index contributed by atoms with van der Waals surface area (Å²) in [6, 6.07) is 10.2. The van der Waals surface area contributed by atoms with Crippen molar-refractivity contribution in [3.05, 3.63) is 52.2 Å². The molecule has 0 unspecified atom stereocenters. The van der Waals surface area contributed by atoms with Crippen LogP contribution in [0.1, 0.15) is 28.5 Å². The van der Waals surface area contributed by atoms with E-state index in [0.717, 1.165) is 11.8 Å². The zero-order valence-electron chi connectivity index (χ0n) is 14.2. The molecular formula is C18H16ClN3O3S. The van der Waals surface area contributed by atoms with Crippen LogP contribution < -0.4 is 5.32 Å². The molecular weight excluding hydrogens is 374 g/mol. The molecule has 1 aromatic carbocycles. The largest absolute Gasteiger partial charge is 0.462 e. The maximum atomic E-state index is 12.1. The Kier molecular flexibility index (Phi) is 7.01. The Morgan fingerprint density at radius 2 is 2.04 bits per heavy atom. The number of esters is 1. The van der Waals surface area contributed by atoms with Crippen LogP contribution in [-0.4, -0.2) is 29.2 Å². The van der Waals surface area contributed by atoms with Crippen LogP contribution >= 0.6 is 23.4 Å². The fourth-order valence-electron chi connectivity index (χ4n) is 2.05. The molecule has 8 heteroatoms. The monoisotopic (exact) mass is 389 g/mol. The second-order valence-electron chi connectivity index (χ2n) is 5.15. The quantitative estimate of drug-likeness (QED) is 0.596. The molecule has 6 nitrogen and oxygen atoms in total. The smallest absolute Gasteiger partial charge is 0.340 e. The minimum absolute atomic E-state index is 0.0719. The maximum Gasteiger partial charge on any atom is 0.340 e. The number of nitrogens with zero attached hydrogens (tertiary/aromatic N) is 2. The van der Waals surface area contributed by atoms with E-state index in [1.54, 1.807) is 38.1 Å². The number of anilines is 1. The maximum absolute atomic E-state index is 12.1.